The number of carbonyl (C=O) groups is 1. The summed E-state index contributed by atoms with van der Waals surface area (Å²) in [6.45, 7) is 5.78. The predicted molar refractivity (Wildman–Crippen MR) is 122 cm³/mol. The summed E-state index contributed by atoms with van der Waals surface area (Å²) in [5.41, 5.74) is 6.14. The third kappa shape index (κ3) is 3.22. The first-order valence-corrected chi connectivity index (χ1v) is 10.1. The van der Waals surface area contributed by atoms with Gasteiger partial charge in [-0.05, 0) is 54.8 Å². The molecule has 5 aromatic rings. The SMILES string of the molecule is Cc1cccc(NC(=O)c2nnc3c(-c4cccc5ccccc45)c(C)nn3c2C)c1. The smallest absolute Gasteiger partial charge is 0.278 e. The van der Waals surface area contributed by atoms with Crippen LogP contribution in [0.3, 0.4) is 0 Å². The number of fused-ring (bicyclic) bond motifs is 2. The Balaban J connectivity index is 1.62. The van der Waals surface area contributed by atoms with Crippen molar-refractivity contribution in [3.8, 4) is 11.1 Å². The first-order chi connectivity index (χ1) is 15.0. The van der Waals surface area contributed by atoms with E-state index in [1.54, 1.807) is 4.52 Å². The van der Waals surface area contributed by atoms with Gasteiger partial charge in [0.1, 0.15) is 0 Å². The van der Waals surface area contributed by atoms with Crippen LogP contribution in [0.15, 0.2) is 66.7 Å². The zero-order chi connectivity index (χ0) is 21.5. The van der Waals surface area contributed by atoms with Gasteiger partial charge in [-0.3, -0.25) is 4.79 Å². The van der Waals surface area contributed by atoms with Gasteiger partial charge in [0.2, 0.25) is 0 Å². The lowest BCUT2D eigenvalue weighted by atomic mass is 9.98. The second kappa shape index (κ2) is 7.32. The summed E-state index contributed by atoms with van der Waals surface area (Å²) in [6, 6.07) is 22.1. The normalized spacial score (nSPS) is 11.2. The third-order valence-electron chi connectivity index (χ3n) is 5.49. The molecule has 6 heteroatoms. The largest absolute Gasteiger partial charge is 0.321 e. The molecule has 3 aromatic carbocycles. The summed E-state index contributed by atoms with van der Waals surface area (Å²) in [5, 5.41) is 18.6. The van der Waals surface area contributed by atoms with Crippen molar-refractivity contribution in [2.24, 2.45) is 0 Å². The quantitative estimate of drug-likeness (QED) is 0.450. The molecule has 0 bridgehead atoms. The topological polar surface area (TPSA) is 72.2 Å². The van der Waals surface area contributed by atoms with Crippen LogP contribution in [-0.4, -0.2) is 25.7 Å². The molecule has 152 valence electrons. The molecule has 0 spiro atoms. The van der Waals surface area contributed by atoms with Gasteiger partial charge in [0.15, 0.2) is 11.3 Å². The molecule has 0 fully saturated rings. The number of carbonyl (C=O) groups excluding carboxylic acids is 1. The van der Waals surface area contributed by atoms with Gasteiger partial charge in [-0.25, -0.2) is 4.52 Å². The van der Waals surface area contributed by atoms with Gasteiger partial charge >= 0.3 is 0 Å². The number of aryl methyl sites for hydroxylation is 3. The van der Waals surface area contributed by atoms with Crippen molar-refractivity contribution in [1.82, 2.24) is 19.8 Å². The Hall–Kier alpha value is -4.06. The van der Waals surface area contributed by atoms with Gasteiger partial charge in [-0.15, -0.1) is 10.2 Å². The van der Waals surface area contributed by atoms with Crippen LogP contribution in [0.25, 0.3) is 27.5 Å². The van der Waals surface area contributed by atoms with Crippen molar-refractivity contribution in [3.05, 3.63) is 89.4 Å². The molecule has 0 aliphatic carbocycles. The number of benzene rings is 3. The number of nitrogens with one attached hydrogen (secondary N) is 1. The summed E-state index contributed by atoms with van der Waals surface area (Å²) < 4.78 is 1.71. The molecular weight excluding hydrogens is 386 g/mol. The highest BCUT2D eigenvalue weighted by Gasteiger charge is 2.21. The van der Waals surface area contributed by atoms with E-state index in [1.165, 1.54) is 0 Å². The molecule has 0 aliphatic rings. The minimum absolute atomic E-state index is 0.251. The number of rotatable bonds is 3. The fourth-order valence-corrected chi connectivity index (χ4v) is 3.99. The highest BCUT2D eigenvalue weighted by Crippen LogP contribution is 2.33. The van der Waals surface area contributed by atoms with Crippen LogP contribution in [0.5, 0.6) is 0 Å². The molecule has 2 heterocycles. The van der Waals surface area contributed by atoms with Crippen LogP contribution in [0.4, 0.5) is 5.69 Å². The number of amides is 1. The molecule has 1 amide bonds. The molecule has 1 N–H and O–H groups in total. The number of aromatic nitrogens is 4. The van der Waals surface area contributed by atoms with E-state index in [2.05, 4.69) is 39.8 Å². The van der Waals surface area contributed by atoms with E-state index < -0.39 is 0 Å². The van der Waals surface area contributed by atoms with Crippen LogP contribution in [0, 0.1) is 20.8 Å². The molecule has 0 unspecified atom stereocenters. The zero-order valence-electron chi connectivity index (χ0n) is 17.5. The number of nitrogens with zero attached hydrogens (tertiary/aromatic N) is 4. The van der Waals surface area contributed by atoms with Gasteiger partial charge in [0.05, 0.1) is 17.0 Å². The minimum Gasteiger partial charge on any atom is -0.321 e. The van der Waals surface area contributed by atoms with Crippen LogP contribution in [0.1, 0.15) is 27.4 Å². The summed E-state index contributed by atoms with van der Waals surface area (Å²) in [4.78, 5) is 12.9. The molecule has 31 heavy (non-hydrogen) atoms. The Bertz CT molecular complexity index is 1460. The van der Waals surface area contributed by atoms with Gasteiger partial charge in [-0.2, -0.15) is 5.10 Å². The fraction of sp³-hybridized carbons (Fsp3) is 0.120. The van der Waals surface area contributed by atoms with E-state index >= 15 is 0 Å². The Morgan fingerprint density at radius 2 is 1.68 bits per heavy atom. The second-order valence-electron chi connectivity index (χ2n) is 7.68. The Morgan fingerprint density at radius 3 is 2.52 bits per heavy atom. The number of anilines is 1. The van der Waals surface area contributed by atoms with E-state index in [0.29, 0.717) is 11.3 Å². The lowest BCUT2D eigenvalue weighted by molar-refractivity contribution is 0.102. The second-order valence-corrected chi connectivity index (χ2v) is 7.68. The maximum Gasteiger partial charge on any atom is 0.278 e. The average Bonchev–Trinajstić information content (AvgIpc) is 3.10. The molecule has 0 saturated carbocycles. The van der Waals surface area contributed by atoms with Crippen molar-refractivity contribution in [2.45, 2.75) is 20.8 Å². The molecule has 5 rings (SSSR count). The lowest BCUT2D eigenvalue weighted by Gasteiger charge is -2.09. The Morgan fingerprint density at radius 1 is 0.903 bits per heavy atom. The van der Waals surface area contributed by atoms with Crippen molar-refractivity contribution in [3.63, 3.8) is 0 Å². The standard InChI is InChI=1S/C25H21N5O/c1-15-8-6-11-19(14-15)26-25(31)23-17(3)30-24(28-27-23)22(16(2)29-30)21-13-7-10-18-9-4-5-12-20(18)21/h4-14H,1-3H3,(H,26,31). The molecule has 0 atom stereocenters. The zero-order valence-corrected chi connectivity index (χ0v) is 17.5. The summed E-state index contributed by atoms with van der Waals surface area (Å²) in [7, 11) is 0. The molecule has 6 nitrogen and oxygen atoms in total. The number of hydrogen-bond donors (Lipinski definition) is 1. The minimum atomic E-state index is -0.308. The first-order valence-electron chi connectivity index (χ1n) is 10.1. The average molecular weight is 407 g/mol. The highest BCUT2D eigenvalue weighted by atomic mass is 16.2. The fourth-order valence-electron chi connectivity index (χ4n) is 3.99. The van der Waals surface area contributed by atoms with Gasteiger partial charge < -0.3 is 5.32 Å². The van der Waals surface area contributed by atoms with Crippen LogP contribution in [0.2, 0.25) is 0 Å². The first kappa shape index (κ1) is 18.9. The van der Waals surface area contributed by atoms with Crippen LogP contribution >= 0.6 is 0 Å². The van der Waals surface area contributed by atoms with E-state index in [-0.39, 0.29) is 11.6 Å². The lowest BCUT2D eigenvalue weighted by Crippen LogP contribution is -2.18. The maximum absolute atomic E-state index is 12.9. The summed E-state index contributed by atoms with van der Waals surface area (Å²) in [5.74, 6) is -0.308. The van der Waals surface area contributed by atoms with Crippen molar-refractivity contribution in [1.29, 1.82) is 0 Å². The molecular formula is C25H21N5O. The summed E-state index contributed by atoms with van der Waals surface area (Å²) in [6.07, 6.45) is 0. The van der Waals surface area contributed by atoms with E-state index in [0.717, 1.165) is 38.8 Å². The molecule has 0 radical (unpaired) electrons. The monoisotopic (exact) mass is 407 g/mol. The highest BCUT2D eigenvalue weighted by molar-refractivity contribution is 6.04. The number of hydrogen-bond acceptors (Lipinski definition) is 4. The van der Waals surface area contributed by atoms with Gasteiger partial charge in [0, 0.05) is 5.69 Å². The molecule has 0 saturated heterocycles. The Kier molecular flexibility index (Phi) is 4.47. The maximum atomic E-state index is 12.9. The van der Waals surface area contributed by atoms with Gasteiger partial charge in [-0.1, -0.05) is 54.6 Å². The van der Waals surface area contributed by atoms with Crippen molar-refractivity contribution >= 4 is 28.0 Å². The molecule has 2 aromatic heterocycles. The van der Waals surface area contributed by atoms with Crippen molar-refractivity contribution < 1.29 is 4.79 Å². The molecule has 0 aliphatic heterocycles. The van der Waals surface area contributed by atoms with Crippen LogP contribution in [-0.2, 0) is 0 Å². The van der Waals surface area contributed by atoms with E-state index in [9.17, 15) is 4.79 Å². The van der Waals surface area contributed by atoms with Crippen molar-refractivity contribution in [2.75, 3.05) is 5.32 Å². The van der Waals surface area contributed by atoms with Crippen LogP contribution < -0.4 is 5.32 Å². The third-order valence-corrected chi connectivity index (χ3v) is 5.49. The van der Waals surface area contributed by atoms with E-state index in [1.807, 2.05) is 63.2 Å². The van der Waals surface area contributed by atoms with E-state index in [4.69, 9.17) is 5.10 Å². The van der Waals surface area contributed by atoms with Gasteiger partial charge in [0.25, 0.3) is 5.91 Å². The Labute approximate surface area is 179 Å². The predicted octanol–water partition coefficient (Wildman–Crippen LogP) is 5.12. The summed E-state index contributed by atoms with van der Waals surface area (Å²) >= 11 is 0.